The van der Waals surface area contributed by atoms with E-state index >= 15 is 0 Å². The molecule has 0 fully saturated rings. The molecule has 2 aliphatic rings. The van der Waals surface area contributed by atoms with Crippen LogP contribution in [0.5, 0.6) is 0 Å². The predicted molar refractivity (Wildman–Crippen MR) is 88.0 cm³/mol. The molecule has 1 aromatic carbocycles. The first-order chi connectivity index (χ1) is 10.9. The SMILES string of the molecule is Cc1nc2n(n1)C(c1ccccc1)C1=C(CC(C)(C)CC1=O)N2. The van der Waals surface area contributed by atoms with E-state index in [0.717, 1.165) is 29.2 Å². The molecule has 1 atom stereocenters. The monoisotopic (exact) mass is 308 g/mol. The molecule has 1 unspecified atom stereocenters. The van der Waals surface area contributed by atoms with Crippen molar-refractivity contribution < 1.29 is 4.79 Å². The summed E-state index contributed by atoms with van der Waals surface area (Å²) < 4.78 is 1.85. The van der Waals surface area contributed by atoms with E-state index in [1.165, 1.54) is 0 Å². The lowest BCUT2D eigenvalue weighted by Crippen LogP contribution is -2.36. The number of carbonyl (C=O) groups is 1. The van der Waals surface area contributed by atoms with Gasteiger partial charge in [-0.05, 0) is 24.3 Å². The van der Waals surface area contributed by atoms with Gasteiger partial charge in [0.25, 0.3) is 0 Å². The number of nitrogens with zero attached hydrogens (tertiary/aromatic N) is 3. The largest absolute Gasteiger partial charge is 0.328 e. The van der Waals surface area contributed by atoms with Crippen molar-refractivity contribution in [1.82, 2.24) is 14.8 Å². The molecule has 2 aromatic rings. The Morgan fingerprint density at radius 2 is 1.96 bits per heavy atom. The van der Waals surface area contributed by atoms with Crippen LogP contribution >= 0.6 is 0 Å². The molecule has 1 N–H and O–H groups in total. The van der Waals surface area contributed by atoms with Crippen molar-refractivity contribution in [3.8, 4) is 0 Å². The zero-order valence-electron chi connectivity index (χ0n) is 13.6. The third-order valence-corrected chi connectivity index (χ3v) is 4.55. The van der Waals surface area contributed by atoms with Crippen molar-refractivity contribution in [2.75, 3.05) is 5.32 Å². The Labute approximate surface area is 135 Å². The number of allylic oxidation sites excluding steroid dienone is 2. The summed E-state index contributed by atoms with van der Waals surface area (Å²) >= 11 is 0. The van der Waals surface area contributed by atoms with Crippen molar-refractivity contribution in [3.63, 3.8) is 0 Å². The minimum atomic E-state index is -0.188. The van der Waals surface area contributed by atoms with Crippen LogP contribution in [-0.2, 0) is 4.79 Å². The zero-order chi connectivity index (χ0) is 16.2. The summed E-state index contributed by atoms with van der Waals surface area (Å²) in [4.78, 5) is 17.4. The second kappa shape index (κ2) is 4.78. The van der Waals surface area contributed by atoms with Crippen LogP contribution in [0.2, 0.25) is 0 Å². The summed E-state index contributed by atoms with van der Waals surface area (Å²) in [5, 5.41) is 7.88. The number of ketones is 1. The van der Waals surface area contributed by atoms with Gasteiger partial charge in [0.05, 0.1) is 0 Å². The maximum Gasteiger partial charge on any atom is 0.226 e. The molecule has 5 heteroatoms. The normalized spacial score (nSPS) is 22.4. The molecule has 0 spiro atoms. The van der Waals surface area contributed by atoms with E-state index in [4.69, 9.17) is 0 Å². The summed E-state index contributed by atoms with van der Waals surface area (Å²) in [6.45, 7) is 6.15. The molecule has 1 aromatic heterocycles. The van der Waals surface area contributed by atoms with Gasteiger partial charge >= 0.3 is 0 Å². The van der Waals surface area contributed by atoms with Gasteiger partial charge in [-0.25, -0.2) is 4.68 Å². The van der Waals surface area contributed by atoms with Gasteiger partial charge in [0.15, 0.2) is 5.78 Å². The van der Waals surface area contributed by atoms with Crippen molar-refractivity contribution in [3.05, 3.63) is 53.0 Å². The molecular weight excluding hydrogens is 288 g/mol. The van der Waals surface area contributed by atoms with Gasteiger partial charge in [0.1, 0.15) is 11.9 Å². The molecule has 23 heavy (non-hydrogen) atoms. The lowest BCUT2D eigenvalue weighted by molar-refractivity contribution is -0.118. The number of nitrogens with one attached hydrogen (secondary N) is 1. The fourth-order valence-electron chi connectivity index (χ4n) is 3.66. The highest BCUT2D eigenvalue weighted by molar-refractivity contribution is 6.00. The second-order valence-corrected chi connectivity index (χ2v) is 7.20. The molecule has 2 heterocycles. The maximum atomic E-state index is 12.9. The quantitative estimate of drug-likeness (QED) is 0.878. The fourth-order valence-corrected chi connectivity index (χ4v) is 3.66. The first-order valence-electron chi connectivity index (χ1n) is 7.96. The smallest absolute Gasteiger partial charge is 0.226 e. The zero-order valence-corrected chi connectivity index (χ0v) is 13.6. The van der Waals surface area contributed by atoms with Gasteiger partial charge in [-0.1, -0.05) is 44.2 Å². The number of Topliss-reactive ketones (excluding diaryl/α,β-unsaturated/α-hetero) is 1. The van der Waals surface area contributed by atoms with Crippen molar-refractivity contribution in [1.29, 1.82) is 0 Å². The van der Waals surface area contributed by atoms with Crippen LogP contribution in [0.4, 0.5) is 5.95 Å². The predicted octanol–water partition coefficient (Wildman–Crippen LogP) is 3.24. The summed E-state index contributed by atoms with van der Waals surface area (Å²) in [6, 6.07) is 9.89. The van der Waals surface area contributed by atoms with Crippen LogP contribution in [0, 0.1) is 12.3 Å². The first kappa shape index (κ1) is 14.2. The number of fused-ring (bicyclic) bond motifs is 1. The highest BCUT2D eigenvalue weighted by Gasteiger charge is 2.41. The Morgan fingerprint density at radius 3 is 2.70 bits per heavy atom. The molecule has 0 radical (unpaired) electrons. The van der Waals surface area contributed by atoms with E-state index in [1.807, 2.05) is 29.8 Å². The number of anilines is 1. The third kappa shape index (κ3) is 2.27. The number of carbonyl (C=O) groups excluding carboxylic acids is 1. The number of aryl methyl sites for hydroxylation is 1. The molecule has 0 bridgehead atoms. The van der Waals surface area contributed by atoms with Gasteiger partial charge in [-0.2, -0.15) is 10.1 Å². The van der Waals surface area contributed by atoms with Crippen LogP contribution in [0.25, 0.3) is 0 Å². The summed E-state index contributed by atoms with van der Waals surface area (Å²) in [6.07, 6.45) is 1.42. The topological polar surface area (TPSA) is 59.8 Å². The fraction of sp³-hybridized carbons (Fsp3) is 0.389. The Balaban J connectivity index is 1.92. The first-order valence-corrected chi connectivity index (χ1v) is 7.96. The van der Waals surface area contributed by atoms with Crippen LogP contribution in [-0.4, -0.2) is 20.5 Å². The summed E-state index contributed by atoms with van der Waals surface area (Å²) in [7, 11) is 0. The van der Waals surface area contributed by atoms with Gasteiger partial charge in [0.2, 0.25) is 5.95 Å². The molecule has 5 nitrogen and oxygen atoms in total. The van der Waals surface area contributed by atoms with E-state index in [0.29, 0.717) is 12.2 Å². The Bertz CT molecular complexity index is 817. The molecular formula is C18H20N4O. The van der Waals surface area contributed by atoms with Crippen molar-refractivity contribution in [2.45, 2.75) is 39.7 Å². The average Bonchev–Trinajstić information content (AvgIpc) is 2.84. The highest BCUT2D eigenvalue weighted by Crippen LogP contribution is 2.45. The molecule has 1 aliphatic heterocycles. The second-order valence-electron chi connectivity index (χ2n) is 7.20. The van der Waals surface area contributed by atoms with Crippen molar-refractivity contribution in [2.24, 2.45) is 5.41 Å². The van der Waals surface area contributed by atoms with E-state index in [-0.39, 0.29) is 17.2 Å². The van der Waals surface area contributed by atoms with E-state index in [9.17, 15) is 4.79 Å². The van der Waals surface area contributed by atoms with Gasteiger partial charge in [-0.15, -0.1) is 0 Å². The third-order valence-electron chi connectivity index (χ3n) is 4.55. The minimum absolute atomic E-state index is 0.0264. The van der Waals surface area contributed by atoms with E-state index < -0.39 is 0 Å². The maximum absolute atomic E-state index is 12.9. The van der Waals surface area contributed by atoms with Crippen LogP contribution in [0.15, 0.2) is 41.6 Å². The van der Waals surface area contributed by atoms with Gasteiger partial charge < -0.3 is 5.32 Å². The Hall–Kier alpha value is -2.43. The van der Waals surface area contributed by atoms with Crippen molar-refractivity contribution >= 4 is 11.7 Å². The number of rotatable bonds is 1. The standard InChI is InChI=1S/C18H20N4O/c1-11-19-17-20-13-9-18(2,3)10-14(23)15(13)16(22(17)21-11)12-7-5-4-6-8-12/h4-8,16H,9-10H2,1-3H3,(H,19,20,21). The number of hydrogen-bond acceptors (Lipinski definition) is 4. The number of aromatic nitrogens is 3. The molecule has 0 saturated carbocycles. The lowest BCUT2D eigenvalue weighted by Gasteiger charge is -2.38. The molecule has 0 saturated heterocycles. The molecule has 118 valence electrons. The molecule has 4 rings (SSSR count). The minimum Gasteiger partial charge on any atom is -0.328 e. The van der Waals surface area contributed by atoms with Gasteiger partial charge in [-0.3, -0.25) is 4.79 Å². The van der Waals surface area contributed by atoms with E-state index in [1.54, 1.807) is 0 Å². The summed E-state index contributed by atoms with van der Waals surface area (Å²) in [5.41, 5.74) is 2.88. The lowest BCUT2D eigenvalue weighted by atomic mass is 9.73. The molecule has 0 amide bonds. The average molecular weight is 308 g/mol. The van der Waals surface area contributed by atoms with Crippen LogP contribution < -0.4 is 5.32 Å². The van der Waals surface area contributed by atoms with Gasteiger partial charge in [0, 0.05) is 17.7 Å². The van der Waals surface area contributed by atoms with E-state index in [2.05, 4.69) is 41.4 Å². The molecule has 1 aliphatic carbocycles. The Morgan fingerprint density at radius 1 is 1.22 bits per heavy atom. The number of benzene rings is 1. The van der Waals surface area contributed by atoms with Crippen LogP contribution in [0.3, 0.4) is 0 Å². The highest BCUT2D eigenvalue weighted by atomic mass is 16.1. The number of hydrogen-bond donors (Lipinski definition) is 1. The van der Waals surface area contributed by atoms with Crippen LogP contribution in [0.1, 0.15) is 44.1 Å². The Kier molecular flexibility index (Phi) is 2.95. The summed E-state index contributed by atoms with van der Waals surface area (Å²) in [5.74, 6) is 1.64.